The highest BCUT2D eigenvalue weighted by Crippen LogP contribution is 2.40. The molecule has 3 aromatic rings. The summed E-state index contributed by atoms with van der Waals surface area (Å²) in [4.78, 5) is 31.6. The molecule has 1 saturated heterocycles. The fraction of sp³-hybridized carbons (Fsp3) is 0.208. The van der Waals surface area contributed by atoms with E-state index in [1.165, 1.54) is 4.90 Å². The number of hydrogen-bond donors (Lipinski definition) is 1. The van der Waals surface area contributed by atoms with E-state index in [4.69, 9.17) is 4.74 Å². The molecule has 0 spiro atoms. The maximum Gasteiger partial charge on any atom is 0.295 e. The normalized spacial score (nSPS) is 17.7. The van der Waals surface area contributed by atoms with Gasteiger partial charge in [0.2, 0.25) is 0 Å². The number of likely N-dealkylation sites (tertiary alicyclic amines) is 1. The van der Waals surface area contributed by atoms with E-state index in [0.29, 0.717) is 36.4 Å². The molecule has 0 bridgehead atoms. The topological polar surface area (TPSA) is 84.7 Å². The van der Waals surface area contributed by atoms with Crippen LogP contribution in [-0.4, -0.2) is 44.9 Å². The van der Waals surface area contributed by atoms with Gasteiger partial charge in [-0.25, -0.2) is 4.98 Å². The largest absolute Gasteiger partial charge is 0.507 e. The number of ether oxygens (including phenoxy) is 1. The van der Waals surface area contributed by atoms with Crippen LogP contribution in [0.15, 0.2) is 77.3 Å². The van der Waals surface area contributed by atoms with E-state index in [1.54, 1.807) is 62.1 Å². The van der Waals surface area contributed by atoms with E-state index in [9.17, 15) is 14.7 Å². The summed E-state index contributed by atoms with van der Waals surface area (Å²) in [7, 11) is 1.56. The molecule has 2 heterocycles. The quantitative estimate of drug-likeness (QED) is 0.302. The zero-order valence-electron chi connectivity index (χ0n) is 17.4. The Morgan fingerprint density at radius 2 is 1.94 bits per heavy atom. The molecule has 8 heteroatoms. The first-order chi connectivity index (χ1) is 15.5. The number of aromatic nitrogens is 2. The number of benzene rings is 2. The molecule has 7 nitrogen and oxygen atoms in total. The number of rotatable bonds is 7. The third-order valence-corrected chi connectivity index (χ3v) is 5.97. The second kappa shape index (κ2) is 9.40. The Labute approximate surface area is 194 Å². The molecule has 32 heavy (non-hydrogen) atoms. The number of imidazole rings is 1. The summed E-state index contributed by atoms with van der Waals surface area (Å²) in [6, 6.07) is 13.5. The zero-order valence-corrected chi connectivity index (χ0v) is 19.0. The molecule has 0 radical (unpaired) electrons. The number of hydrogen-bond acceptors (Lipinski definition) is 5. The van der Waals surface area contributed by atoms with Crippen molar-refractivity contribution < 1.29 is 19.4 Å². The van der Waals surface area contributed by atoms with E-state index in [-0.39, 0.29) is 11.3 Å². The maximum atomic E-state index is 13.1. The molecular weight excluding hydrogens is 474 g/mol. The summed E-state index contributed by atoms with van der Waals surface area (Å²) in [5, 5.41) is 11.1. The molecule has 164 valence electrons. The molecule has 1 aliphatic heterocycles. The molecule has 1 fully saturated rings. The lowest BCUT2D eigenvalue weighted by molar-refractivity contribution is -0.139. The van der Waals surface area contributed by atoms with E-state index in [1.807, 2.05) is 16.8 Å². The molecule has 1 aliphatic rings. The highest BCUT2D eigenvalue weighted by atomic mass is 79.9. The molecule has 4 rings (SSSR count). The molecule has 2 aromatic carbocycles. The van der Waals surface area contributed by atoms with Crippen LogP contribution in [0, 0.1) is 0 Å². The van der Waals surface area contributed by atoms with E-state index in [0.717, 1.165) is 4.47 Å². The molecule has 0 aliphatic carbocycles. The van der Waals surface area contributed by atoms with Crippen molar-refractivity contribution in [2.24, 2.45) is 0 Å². The predicted molar refractivity (Wildman–Crippen MR) is 123 cm³/mol. The summed E-state index contributed by atoms with van der Waals surface area (Å²) in [6.07, 6.45) is 5.88. The first-order valence-electron chi connectivity index (χ1n) is 10.1. The van der Waals surface area contributed by atoms with Gasteiger partial charge in [0.15, 0.2) is 0 Å². The van der Waals surface area contributed by atoms with Crippen molar-refractivity contribution in [3.63, 3.8) is 0 Å². The second-order valence-electron chi connectivity index (χ2n) is 7.43. The van der Waals surface area contributed by atoms with Crippen molar-refractivity contribution in [3.8, 4) is 5.75 Å². The third-order valence-electron chi connectivity index (χ3n) is 5.44. The minimum Gasteiger partial charge on any atom is -0.507 e. The molecule has 0 unspecified atom stereocenters. The van der Waals surface area contributed by atoms with Gasteiger partial charge >= 0.3 is 0 Å². The lowest BCUT2D eigenvalue weighted by Gasteiger charge is -2.25. The van der Waals surface area contributed by atoms with Crippen molar-refractivity contribution in [3.05, 3.63) is 88.4 Å². The minimum absolute atomic E-state index is 0.0770. The Balaban J connectivity index is 1.74. The number of methoxy groups -OCH3 is 1. The highest BCUT2D eigenvalue weighted by molar-refractivity contribution is 9.10. The second-order valence-corrected chi connectivity index (χ2v) is 8.35. The van der Waals surface area contributed by atoms with Crippen LogP contribution in [0.4, 0.5) is 0 Å². The fourth-order valence-electron chi connectivity index (χ4n) is 3.87. The highest BCUT2D eigenvalue weighted by Gasteiger charge is 2.45. The van der Waals surface area contributed by atoms with Crippen LogP contribution in [0.3, 0.4) is 0 Å². The Morgan fingerprint density at radius 3 is 2.62 bits per heavy atom. The smallest absolute Gasteiger partial charge is 0.295 e. The van der Waals surface area contributed by atoms with Crippen LogP contribution in [0.1, 0.15) is 23.6 Å². The third kappa shape index (κ3) is 4.31. The Kier molecular flexibility index (Phi) is 6.41. The molecule has 1 atom stereocenters. The van der Waals surface area contributed by atoms with Crippen LogP contribution < -0.4 is 4.74 Å². The lowest BCUT2D eigenvalue weighted by Crippen LogP contribution is -2.31. The number of amides is 1. The molecule has 1 amide bonds. The Morgan fingerprint density at radius 1 is 1.16 bits per heavy atom. The summed E-state index contributed by atoms with van der Waals surface area (Å²) in [5.41, 5.74) is 1.25. The van der Waals surface area contributed by atoms with Crippen LogP contribution >= 0.6 is 15.9 Å². The first-order valence-corrected chi connectivity index (χ1v) is 10.9. The van der Waals surface area contributed by atoms with Gasteiger partial charge in [-0.2, -0.15) is 0 Å². The van der Waals surface area contributed by atoms with E-state index >= 15 is 0 Å². The number of ketones is 1. The van der Waals surface area contributed by atoms with E-state index in [2.05, 4.69) is 20.9 Å². The summed E-state index contributed by atoms with van der Waals surface area (Å²) in [5.74, 6) is -0.904. The van der Waals surface area contributed by atoms with Crippen molar-refractivity contribution in [1.29, 1.82) is 0 Å². The van der Waals surface area contributed by atoms with Gasteiger partial charge < -0.3 is 19.3 Å². The summed E-state index contributed by atoms with van der Waals surface area (Å²) in [6.45, 7) is 1.00. The van der Waals surface area contributed by atoms with Gasteiger partial charge in [-0.15, -0.1) is 0 Å². The monoisotopic (exact) mass is 495 g/mol. The van der Waals surface area contributed by atoms with E-state index < -0.39 is 17.7 Å². The van der Waals surface area contributed by atoms with Gasteiger partial charge in [0, 0.05) is 35.5 Å². The van der Waals surface area contributed by atoms with Crippen LogP contribution in [0.2, 0.25) is 0 Å². The molecular formula is C24H22BrN3O4. The Hall–Kier alpha value is -3.39. The van der Waals surface area contributed by atoms with Crippen LogP contribution in [-0.2, 0) is 16.1 Å². The van der Waals surface area contributed by atoms with Crippen molar-refractivity contribution in [2.75, 3.05) is 13.7 Å². The van der Waals surface area contributed by atoms with Gasteiger partial charge in [0.05, 0.1) is 25.1 Å². The summed E-state index contributed by atoms with van der Waals surface area (Å²) < 4.78 is 8.11. The maximum absolute atomic E-state index is 13.1. The molecule has 0 saturated carbocycles. The average Bonchev–Trinajstić information content (AvgIpc) is 3.41. The number of halogens is 1. The van der Waals surface area contributed by atoms with Crippen LogP contribution in [0.5, 0.6) is 5.75 Å². The van der Waals surface area contributed by atoms with Crippen molar-refractivity contribution >= 4 is 33.4 Å². The fourth-order valence-corrected chi connectivity index (χ4v) is 4.14. The number of Topliss-reactive ketones (excluding diaryl/α,β-unsaturated/α-hetero) is 1. The molecule has 1 N–H and O–H groups in total. The molecule has 1 aromatic heterocycles. The lowest BCUT2D eigenvalue weighted by atomic mass is 9.95. The van der Waals surface area contributed by atoms with Gasteiger partial charge in [-0.3, -0.25) is 9.59 Å². The van der Waals surface area contributed by atoms with Gasteiger partial charge in [-0.05, 0) is 36.2 Å². The van der Waals surface area contributed by atoms with Crippen molar-refractivity contribution in [2.45, 2.75) is 19.0 Å². The number of carbonyl (C=O) groups is 2. The first kappa shape index (κ1) is 21.8. The Bertz CT molecular complexity index is 1160. The van der Waals surface area contributed by atoms with Gasteiger partial charge in [0.1, 0.15) is 11.5 Å². The summed E-state index contributed by atoms with van der Waals surface area (Å²) >= 11 is 3.37. The zero-order chi connectivity index (χ0) is 22.7. The standard InChI is InChI=1S/C24H22BrN3O4/c1-32-19-5-2-4-17(14-19)21-20(22(29)16-6-8-18(25)9-7-16)23(30)24(31)28(21)12-3-11-27-13-10-26-15-27/h2,4-10,13-15,21,29H,3,11-12H2,1H3/b22-20+/t21-/m1/s1. The number of nitrogens with zero attached hydrogens (tertiary/aromatic N) is 3. The minimum atomic E-state index is -0.712. The predicted octanol–water partition coefficient (Wildman–Crippen LogP) is 4.17. The van der Waals surface area contributed by atoms with Gasteiger partial charge in [-0.1, -0.05) is 40.2 Å². The van der Waals surface area contributed by atoms with Gasteiger partial charge in [0.25, 0.3) is 11.7 Å². The SMILES string of the molecule is COc1cccc([C@@H]2/C(=C(\O)c3ccc(Br)cc3)C(=O)C(=O)N2CCCn2ccnc2)c1. The van der Waals surface area contributed by atoms with Crippen molar-refractivity contribution in [1.82, 2.24) is 14.5 Å². The number of aliphatic hydroxyl groups excluding tert-OH is 1. The number of aryl methyl sites for hydroxylation is 1. The average molecular weight is 496 g/mol. The van der Waals surface area contributed by atoms with Crippen LogP contribution in [0.25, 0.3) is 5.76 Å². The number of carbonyl (C=O) groups excluding carboxylic acids is 2. The number of aliphatic hydroxyl groups is 1.